The number of fused-ring (bicyclic) bond motifs is 1. The molecule has 1 aliphatic heterocycles. The summed E-state index contributed by atoms with van der Waals surface area (Å²) in [5, 5.41) is 2.17. The molecule has 0 aromatic heterocycles. The van der Waals surface area contributed by atoms with E-state index in [9.17, 15) is 18.0 Å². The van der Waals surface area contributed by atoms with Gasteiger partial charge in [-0.2, -0.15) is 4.31 Å². The van der Waals surface area contributed by atoms with Gasteiger partial charge in [0.1, 0.15) is 0 Å². The van der Waals surface area contributed by atoms with Crippen molar-refractivity contribution in [2.45, 2.75) is 43.5 Å². The third kappa shape index (κ3) is 4.37. The number of nitrogens with one attached hydrogen (secondary N) is 2. The van der Waals surface area contributed by atoms with E-state index in [4.69, 9.17) is 0 Å². The quantitative estimate of drug-likeness (QED) is 0.712. The van der Waals surface area contributed by atoms with Crippen molar-refractivity contribution in [3.63, 3.8) is 0 Å². The molecular weight excluding hydrogens is 382 g/mol. The van der Waals surface area contributed by atoms with Crippen molar-refractivity contribution in [2.75, 3.05) is 33.3 Å². The summed E-state index contributed by atoms with van der Waals surface area (Å²) in [4.78, 5) is 24.6. The third-order valence-corrected chi connectivity index (χ3v) is 7.63. The number of methoxy groups -OCH3 is 1. The smallest absolute Gasteiger partial charge is 0.413 e. The first-order chi connectivity index (χ1) is 13.3. The number of carbonyl (C=O) groups excluding carboxylic acids is 2. The number of rotatable bonds is 4. The summed E-state index contributed by atoms with van der Waals surface area (Å²) in [6.07, 6.45) is 3.42. The van der Waals surface area contributed by atoms with E-state index in [0.717, 1.165) is 36.1 Å². The third-order valence-electron chi connectivity index (χ3n) is 5.74. The van der Waals surface area contributed by atoms with Crippen molar-refractivity contribution in [3.8, 4) is 0 Å². The first-order valence-corrected chi connectivity index (χ1v) is 11.1. The Hall–Kier alpha value is -1.97. The van der Waals surface area contributed by atoms with Gasteiger partial charge >= 0.3 is 6.09 Å². The van der Waals surface area contributed by atoms with Crippen molar-refractivity contribution < 1.29 is 27.6 Å². The van der Waals surface area contributed by atoms with Crippen LogP contribution < -0.4 is 10.2 Å². The van der Waals surface area contributed by atoms with Gasteiger partial charge in [0.2, 0.25) is 10.0 Å². The minimum atomic E-state index is -3.54. The highest BCUT2D eigenvalue weighted by atomic mass is 32.2. The SMILES string of the molecule is COC(=O)NC(=O)[C@@H](C)[NH+]1CCN(S(=O)(=O)c2ccc3c(c2)CCCC3)CC1. The Balaban J connectivity index is 1.64. The molecular formula is C19H28N3O5S+. The molecule has 0 spiro atoms. The van der Waals surface area contributed by atoms with Gasteiger partial charge in [-0.3, -0.25) is 10.1 Å². The minimum Gasteiger partial charge on any atom is -0.453 e. The van der Waals surface area contributed by atoms with Gasteiger partial charge in [-0.15, -0.1) is 0 Å². The van der Waals surface area contributed by atoms with Gasteiger partial charge in [-0.05, 0) is 55.9 Å². The number of aryl methyl sites for hydroxylation is 2. The zero-order chi connectivity index (χ0) is 20.3. The molecule has 8 nitrogen and oxygen atoms in total. The van der Waals surface area contributed by atoms with Crippen LogP contribution in [0.25, 0.3) is 0 Å². The molecule has 0 unspecified atom stereocenters. The topological polar surface area (TPSA) is 97.2 Å². The van der Waals surface area contributed by atoms with E-state index >= 15 is 0 Å². The summed E-state index contributed by atoms with van der Waals surface area (Å²) < 4.78 is 32.0. The molecule has 154 valence electrons. The van der Waals surface area contributed by atoms with Gasteiger partial charge < -0.3 is 9.64 Å². The van der Waals surface area contributed by atoms with Crippen LogP contribution in [0.5, 0.6) is 0 Å². The molecule has 1 heterocycles. The van der Waals surface area contributed by atoms with Gasteiger partial charge in [0.05, 0.1) is 38.2 Å². The Morgan fingerprint density at radius 3 is 2.43 bits per heavy atom. The summed E-state index contributed by atoms with van der Waals surface area (Å²) in [6, 6.07) is 5.02. The lowest BCUT2D eigenvalue weighted by Gasteiger charge is -2.34. The maximum atomic E-state index is 13.0. The summed E-state index contributed by atoms with van der Waals surface area (Å²) in [6.45, 7) is 3.40. The number of ether oxygens (including phenoxy) is 1. The van der Waals surface area contributed by atoms with Crippen molar-refractivity contribution in [1.82, 2.24) is 9.62 Å². The van der Waals surface area contributed by atoms with Gasteiger partial charge in [0.15, 0.2) is 6.04 Å². The van der Waals surface area contributed by atoms with E-state index in [1.54, 1.807) is 13.0 Å². The summed E-state index contributed by atoms with van der Waals surface area (Å²) in [5.74, 6) is -0.423. The van der Waals surface area contributed by atoms with E-state index in [0.29, 0.717) is 31.1 Å². The second-order valence-corrected chi connectivity index (χ2v) is 9.34. The molecule has 1 aromatic rings. The lowest BCUT2D eigenvalue weighted by Crippen LogP contribution is -3.19. The van der Waals surface area contributed by atoms with Crippen molar-refractivity contribution in [3.05, 3.63) is 29.3 Å². The number of benzene rings is 1. The van der Waals surface area contributed by atoms with Crippen LogP contribution in [0.3, 0.4) is 0 Å². The number of imide groups is 1. The van der Waals surface area contributed by atoms with E-state index in [1.807, 2.05) is 12.1 Å². The fourth-order valence-electron chi connectivity index (χ4n) is 3.91. The van der Waals surface area contributed by atoms with Crippen LogP contribution in [-0.4, -0.2) is 64.1 Å². The van der Waals surface area contributed by atoms with Crippen LogP contribution >= 0.6 is 0 Å². The first kappa shape index (κ1) is 20.8. The zero-order valence-corrected chi connectivity index (χ0v) is 17.2. The van der Waals surface area contributed by atoms with Crippen LogP contribution in [0.15, 0.2) is 23.1 Å². The fourth-order valence-corrected chi connectivity index (χ4v) is 5.40. The number of amides is 2. The average Bonchev–Trinajstić information content (AvgIpc) is 2.72. The number of quaternary nitrogens is 1. The zero-order valence-electron chi connectivity index (χ0n) is 16.4. The second kappa shape index (κ2) is 8.59. The lowest BCUT2D eigenvalue weighted by atomic mass is 9.92. The molecule has 0 bridgehead atoms. The van der Waals surface area contributed by atoms with Crippen LogP contribution in [-0.2, 0) is 32.4 Å². The Bertz CT molecular complexity index is 847. The molecule has 2 amide bonds. The molecule has 28 heavy (non-hydrogen) atoms. The first-order valence-electron chi connectivity index (χ1n) is 9.68. The van der Waals surface area contributed by atoms with Gasteiger partial charge in [-0.25, -0.2) is 13.2 Å². The van der Waals surface area contributed by atoms with Crippen molar-refractivity contribution in [2.24, 2.45) is 0 Å². The van der Waals surface area contributed by atoms with Gasteiger partial charge in [0.25, 0.3) is 5.91 Å². The number of hydrogen-bond donors (Lipinski definition) is 2. The standard InChI is InChI=1S/C19H27N3O5S/c1-14(18(23)20-19(24)27-2)21-9-11-22(12-10-21)28(25,26)17-8-7-15-5-3-4-6-16(15)13-17/h7-8,13-14H,3-6,9-12H2,1-2H3,(H,20,23,24)/p+1/t14-/m1/s1. The summed E-state index contributed by atoms with van der Waals surface area (Å²) >= 11 is 0. The monoisotopic (exact) mass is 410 g/mol. The summed E-state index contributed by atoms with van der Waals surface area (Å²) in [5.41, 5.74) is 2.40. The molecule has 2 N–H and O–H groups in total. The Labute approximate surface area is 165 Å². The van der Waals surface area contributed by atoms with Crippen molar-refractivity contribution in [1.29, 1.82) is 0 Å². The molecule has 3 rings (SSSR count). The molecule has 1 aromatic carbocycles. The number of carbonyl (C=O) groups is 2. The van der Waals surface area contributed by atoms with Crippen LogP contribution in [0.1, 0.15) is 30.9 Å². The number of piperazine rings is 1. The number of alkyl carbamates (subject to hydrolysis) is 1. The Kier molecular flexibility index (Phi) is 6.36. The molecule has 1 aliphatic carbocycles. The van der Waals surface area contributed by atoms with Gasteiger partial charge in [-0.1, -0.05) is 6.07 Å². The maximum Gasteiger partial charge on any atom is 0.413 e. The van der Waals surface area contributed by atoms with Crippen LogP contribution in [0, 0.1) is 0 Å². The molecule has 1 saturated heterocycles. The normalized spacial score (nSPS) is 19.5. The highest BCUT2D eigenvalue weighted by Crippen LogP contribution is 2.25. The number of nitrogens with zero attached hydrogens (tertiary/aromatic N) is 1. The molecule has 2 aliphatic rings. The predicted octanol–water partition coefficient (Wildman–Crippen LogP) is -0.274. The minimum absolute atomic E-state index is 0.338. The average molecular weight is 411 g/mol. The van der Waals surface area contributed by atoms with E-state index in [-0.39, 0.29) is 0 Å². The van der Waals surface area contributed by atoms with E-state index in [2.05, 4.69) is 10.1 Å². The molecule has 0 radical (unpaired) electrons. The van der Waals surface area contributed by atoms with E-state index in [1.165, 1.54) is 17.0 Å². The molecule has 1 fully saturated rings. The Morgan fingerprint density at radius 2 is 1.79 bits per heavy atom. The lowest BCUT2D eigenvalue weighted by molar-refractivity contribution is -0.917. The maximum absolute atomic E-state index is 13.0. The molecule has 9 heteroatoms. The number of hydrogen-bond acceptors (Lipinski definition) is 5. The predicted molar refractivity (Wildman–Crippen MR) is 103 cm³/mol. The fraction of sp³-hybridized carbons (Fsp3) is 0.579. The van der Waals surface area contributed by atoms with E-state index < -0.39 is 28.1 Å². The number of sulfonamides is 1. The summed E-state index contributed by atoms with van der Waals surface area (Å²) in [7, 11) is -2.34. The highest BCUT2D eigenvalue weighted by molar-refractivity contribution is 7.89. The Morgan fingerprint density at radius 1 is 1.14 bits per heavy atom. The molecule has 0 saturated carbocycles. The molecule has 1 atom stereocenters. The van der Waals surface area contributed by atoms with Crippen LogP contribution in [0.2, 0.25) is 0 Å². The van der Waals surface area contributed by atoms with Crippen molar-refractivity contribution >= 4 is 22.0 Å². The highest BCUT2D eigenvalue weighted by Gasteiger charge is 2.35. The second-order valence-electron chi connectivity index (χ2n) is 7.40. The van der Waals surface area contributed by atoms with Gasteiger partial charge in [0, 0.05) is 0 Å². The largest absolute Gasteiger partial charge is 0.453 e. The van der Waals surface area contributed by atoms with Crippen LogP contribution in [0.4, 0.5) is 4.79 Å².